The van der Waals surface area contributed by atoms with Crippen molar-refractivity contribution in [2.45, 2.75) is 32.4 Å². The minimum Gasteiger partial charge on any atom is -0.393 e. The van der Waals surface area contributed by atoms with Crippen molar-refractivity contribution in [3.8, 4) is 11.5 Å². The third-order valence-corrected chi connectivity index (χ3v) is 3.96. The number of hydrogen-bond donors (Lipinski definition) is 1. The second kappa shape index (κ2) is 5.95. The summed E-state index contributed by atoms with van der Waals surface area (Å²) in [7, 11) is 2.05. The number of benzene rings is 1. The van der Waals surface area contributed by atoms with E-state index in [1.165, 1.54) is 5.56 Å². The molecule has 1 aromatic heterocycles. The van der Waals surface area contributed by atoms with E-state index >= 15 is 0 Å². The van der Waals surface area contributed by atoms with Crippen LogP contribution in [0.1, 0.15) is 24.2 Å². The van der Waals surface area contributed by atoms with Gasteiger partial charge in [-0.1, -0.05) is 22.9 Å². The SMILES string of the molecule is Cc1ccc(-c2nc(CN(C)CC3CC(O)C3)no2)cc1. The smallest absolute Gasteiger partial charge is 0.257 e. The molecule has 21 heavy (non-hydrogen) atoms. The van der Waals surface area contributed by atoms with Crippen molar-refractivity contribution in [2.75, 3.05) is 13.6 Å². The van der Waals surface area contributed by atoms with Gasteiger partial charge in [-0.3, -0.25) is 4.90 Å². The van der Waals surface area contributed by atoms with Crippen molar-refractivity contribution < 1.29 is 9.63 Å². The molecule has 112 valence electrons. The molecule has 1 saturated carbocycles. The van der Waals surface area contributed by atoms with Crippen molar-refractivity contribution in [1.82, 2.24) is 15.0 Å². The zero-order valence-corrected chi connectivity index (χ0v) is 12.5. The van der Waals surface area contributed by atoms with E-state index in [0.29, 0.717) is 24.2 Å². The van der Waals surface area contributed by atoms with Crippen LogP contribution in [0.5, 0.6) is 0 Å². The van der Waals surface area contributed by atoms with Crippen LogP contribution in [0.3, 0.4) is 0 Å². The second-order valence-electron chi connectivity index (χ2n) is 6.07. The maximum atomic E-state index is 9.31. The van der Waals surface area contributed by atoms with E-state index in [0.717, 1.165) is 24.9 Å². The predicted molar refractivity (Wildman–Crippen MR) is 79.5 cm³/mol. The Morgan fingerprint density at radius 1 is 1.29 bits per heavy atom. The Balaban J connectivity index is 1.58. The molecule has 5 heteroatoms. The molecule has 0 aliphatic heterocycles. The minimum atomic E-state index is -0.0956. The lowest BCUT2D eigenvalue weighted by Crippen LogP contribution is -2.36. The van der Waals surface area contributed by atoms with E-state index in [9.17, 15) is 5.11 Å². The zero-order valence-electron chi connectivity index (χ0n) is 12.5. The first kappa shape index (κ1) is 14.2. The van der Waals surface area contributed by atoms with Crippen molar-refractivity contribution in [3.63, 3.8) is 0 Å². The molecule has 2 aromatic rings. The maximum Gasteiger partial charge on any atom is 0.257 e. The van der Waals surface area contributed by atoms with Crippen LogP contribution in [0.25, 0.3) is 11.5 Å². The highest BCUT2D eigenvalue weighted by Crippen LogP contribution is 2.27. The number of hydrogen-bond acceptors (Lipinski definition) is 5. The molecule has 0 bridgehead atoms. The zero-order chi connectivity index (χ0) is 14.8. The maximum absolute atomic E-state index is 9.31. The van der Waals surface area contributed by atoms with Gasteiger partial charge in [0.2, 0.25) is 0 Å². The van der Waals surface area contributed by atoms with E-state index in [-0.39, 0.29) is 6.10 Å². The van der Waals surface area contributed by atoms with Gasteiger partial charge in [-0.05, 0) is 44.9 Å². The summed E-state index contributed by atoms with van der Waals surface area (Å²) in [5.74, 6) is 1.86. The fourth-order valence-corrected chi connectivity index (χ4v) is 2.73. The van der Waals surface area contributed by atoms with Gasteiger partial charge in [-0.2, -0.15) is 4.98 Å². The lowest BCUT2D eigenvalue weighted by Gasteiger charge is -2.34. The summed E-state index contributed by atoms with van der Waals surface area (Å²) in [6.07, 6.45) is 1.72. The Morgan fingerprint density at radius 3 is 2.67 bits per heavy atom. The van der Waals surface area contributed by atoms with Crippen LogP contribution in [0.2, 0.25) is 0 Å². The summed E-state index contributed by atoms with van der Waals surface area (Å²) in [6, 6.07) is 8.05. The molecule has 1 aliphatic carbocycles. The van der Waals surface area contributed by atoms with Gasteiger partial charge in [0.15, 0.2) is 5.82 Å². The van der Waals surface area contributed by atoms with Crippen LogP contribution in [-0.4, -0.2) is 39.8 Å². The van der Waals surface area contributed by atoms with Gasteiger partial charge < -0.3 is 9.63 Å². The molecule has 0 atom stereocenters. The number of aromatic nitrogens is 2. The normalized spacial score (nSPS) is 21.5. The van der Waals surface area contributed by atoms with Crippen molar-refractivity contribution in [1.29, 1.82) is 0 Å². The first-order chi connectivity index (χ1) is 10.1. The Hall–Kier alpha value is -1.72. The molecule has 1 N–H and O–H groups in total. The van der Waals surface area contributed by atoms with E-state index in [4.69, 9.17) is 4.52 Å². The number of nitrogens with zero attached hydrogens (tertiary/aromatic N) is 3. The van der Waals surface area contributed by atoms with Crippen molar-refractivity contribution in [3.05, 3.63) is 35.7 Å². The molecule has 5 nitrogen and oxygen atoms in total. The molecule has 1 aliphatic rings. The van der Waals surface area contributed by atoms with Gasteiger partial charge >= 0.3 is 0 Å². The highest BCUT2D eigenvalue weighted by molar-refractivity contribution is 5.53. The molecule has 1 fully saturated rings. The molecule has 3 rings (SSSR count). The number of aryl methyl sites for hydroxylation is 1. The summed E-state index contributed by atoms with van der Waals surface area (Å²) in [5, 5.41) is 13.4. The quantitative estimate of drug-likeness (QED) is 0.914. The molecular formula is C16H21N3O2. The molecule has 0 radical (unpaired) electrons. The average molecular weight is 287 g/mol. The van der Waals surface area contributed by atoms with Gasteiger partial charge in [-0.15, -0.1) is 0 Å². The highest BCUT2D eigenvalue weighted by Gasteiger charge is 2.28. The average Bonchev–Trinajstić information content (AvgIpc) is 2.86. The Morgan fingerprint density at radius 2 is 2.00 bits per heavy atom. The molecule has 0 amide bonds. The van der Waals surface area contributed by atoms with Crippen LogP contribution in [0, 0.1) is 12.8 Å². The summed E-state index contributed by atoms with van der Waals surface area (Å²) >= 11 is 0. The van der Waals surface area contributed by atoms with E-state index in [1.807, 2.05) is 31.3 Å². The second-order valence-corrected chi connectivity index (χ2v) is 6.07. The Kier molecular flexibility index (Phi) is 4.03. The largest absolute Gasteiger partial charge is 0.393 e. The molecule has 0 unspecified atom stereocenters. The Bertz CT molecular complexity index is 588. The van der Waals surface area contributed by atoms with E-state index in [1.54, 1.807) is 0 Å². The molecule has 1 aromatic carbocycles. The first-order valence-corrected chi connectivity index (χ1v) is 7.36. The highest BCUT2D eigenvalue weighted by atomic mass is 16.5. The van der Waals surface area contributed by atoms with Gasteiger partial charge in [0.25, 0.3) is 5.89 Å². The van der Waals surface area contributed by atoms with Crippen molar-refractivity contribution >= 4 is 0 Å². The molecule has 1 heterocycles. The summed E-state index contributed by atoms with van der Waals surface area (Å²) in [6.45, 7) is 3.68. The van der Waals surface area contributed by atoms with Gasteiger partial charge in [0.05, 0.1) is 12.6 Å². The molecular weight excluding hydrogens is 266 g/mol. The van der Waals surface area contributed by atoms with Crippen LogP contribution in [0.15, 0.2) is 28.8 Å². The Labute approximate surface area is 124 Å². The number of rotatable bonds is 5. The standard InChI is InChI=1S/C16H21N3O2/c1-11-3-5-13(6-4-11)16-17-15(18-21-16)10-19(2)9-12-7-14(20)8-12/h3-6,12,14,20H,7-10H2,1-2H3. The van der Waals surface area contributed by atoms with Crippen LogP contribution >= 0.6 is 0 Å². The van der Waals surface area contributed by atoms with Crippen molar-refractivity contribution in [2.24, 2.45) is 5.92 Å². The van der Waals surface area contributed by atoms with E-state index in [2.05, 4.69) is 22.0 Å². The van der Waals surface area contributed by atoms with Crippen LogP contribution in [-0.2, 0) is 6.54 Å². The molecule has 0 saturated heterocycles. The molecule has 0 spiro atoms. The van der Waals surface area contributed by atoms with Crippen LogP contribution < -0.4 is 0 Å². The fraction of sp³-hybridized carbons (Fsp3) is 0.500. The fourth-order valence-electron chi connectivity index (χ4n) is 2.73. The summed E-state index contributed by atoms with van der Waals surface area (Å²) < 4.78 is 5.33. The van der Waals surface area contributed by atoms with Gasteiger partial charge in [0, 0.05) is 12.1 Å². The topological polar surface area (TPSA) is 62.4 Å². The van der Waals surface area contributed by atoms with Crippen LogP contribution in [0.4, 0.5) is 0 Å². The number of aliphatic hydroxyl groups excluding tert-OH is 1. The van der Waals surface area contributed by atoms with E-state index < -0.39 is 0 Å². The van der Waals surface area contributed by atoms with Gasteiger partial charge in [0.1, 0.15) is 0 Å². The third-order valence-electron chi connectivity index (χ3n) is 3.96. The lowest BCUT2D eigenvalue weighted by atomic mass is 9.82. The lowest BCUT2D eigenvalue weighted by molar-refractivity contribution is 0.0270. The monoisotopic (exact) mass is 287 g/mol. The third kappa shape index (κ3) is 3.49. The van der Waals surface area contributed by atoms with Gasteiger partial charge in [-0.25, -0.2) is 0 Å². The first-order valence-electron chi connectivity index (χ1n) is 7.36. The predicted octanol–water partition coefficient (Wildman–Crippen LogP) is 2.25. The summed E-state index contributed by atoms with van der Waals surface area (Å²) in [4.78, 5) is 6.63. The number of aliphatic hydroxyl groups is 1. The summed E-state index contributed by atoms with van der Waals surface area (Å²) in [5.41, 5.74) is 2.16. The minimum absolute atomic E-state index is 0.0956.